The molecular weight excluding hydrogens is 208 g/mol. The zero-order valence-electron chi connectivity index (χ0n) is 11.5. The van der Waals surface area contributed by atoms with Crippen LogP contribution in [-0.4, -0.2) is 6.61 Å². The number of hydrogen-bond acceptors (Lipinski definition) is 1. The second-order valence-electron chi connectivity index (χ2n) is 5.05. The Kier molecular flexibility index (Phi) is 6.76. The van der Waals surface area contributed by atoms with Gasteiger partial charge in [-0.25, -0.2) is 0 Å². The third kappa shape index (κ3) is 6.35. The summed E-state index contributed by atoms with van der Waals surface area (Å²) in [5.41, 5.74) is 1.28. The van der Waals surface area contributed by atoms with Crippen LogP contribution in [0.5, 0.6) is 5.75 Å². The van der Waals surface area contributed by atoms with Gasteiger partial charge in [0.25, 0.3) is 0 Å². The van der Waals surface area contributed by atoms with Crippen LogP contribution in [0.15, 0.2) is 24.3 Å². The molecule has 1 heteroatoms. The Bertz CT molecular complexity index is 289. The Morgan fingerprint density at radius 1 is 1.06 bits per heavy atom. The largest absolute Gasteiger partial charge is 0.494 e. The Hall–Kier alpha value is -0.980. The van der Waals surface area contributed by atoms with Crippen LogP contribution in [-0.2, 0) is 0 Å². The molecule has 0 aliphatic rings. The number of benzene rings is 1. The maximum Gasteiger partial charge on any atom is 0.119 e. The molecular formula is C16H26O. The van der Waals surface area contributed by atoms with E-state index >= 15 is 0 Å². The highest BCUT2D eigenvalue weighted by Crippen LogP contribution is 2.15. The second-order valence-corrected chi connectivity index (χ2v) is 5.05. The molecule has 0 saturated carbocycles. The van der Waals surface area contributed by atoms with Crippen LogP contribution in [0.4, 0.5) is 0 Å². The van der Waals surface area contributed by atoms with E-state index in [1.54, 1.807) is 0 Å². The summed E-state index contributed by atoms with van der Waals surface area (Å²) in [6.45, 7) is 7.52. The molecule has 1 aromatic rings. The van der Waals surface area contributed by atoms with Crippen molar-refractivity contribution in [1.82, 2.24) is 0 Å². The molecule has 1 atom stereocenters. The van der Waals surface area contributed by atoms with Crippen LogP contribution in [0.3, 0.4) is 0 Å². The quantitative estimate of drug-likeness (QED) is 0.576. The summed E-state index contributed by atoms with van der Waals surface area (Å²) in [6, 6.07) is 8.30. The van der Waals surface area contributed by atoms with E-state index in [-0.39, 0.29) is 0 Å². The monoisotopic (exact) mass is 234 g/mol. The number of hydrogen-bond donors (Lipinski definition) is 0. The van der Waals surface area contributed by atoms with Crippen molar-refractivity contribution < 1.29 is 4.74 Å². The van der Waals surface area contributed by atoms with Gasteiger partial charge in [-0.3, -0.25) is 0 Å². The molecule has 0 saturated heterocycles. The average molecular weight is 234 g/mol. The van der Waals surface area contributed by atoms with Gasteiger partial charge in [0.2, 0.25) is 0 Å². The van der Waals surface area contributed by atoms with Crippen molar-refractivity contribution in [3.8, 4) is 5.75 Å². The van der Waals surface area contributed by atoms with Gasteiger partial charge in [-0.15, -0.1) is 0 Å². The number of unbranched alkanes of at least 4 members (excludes halogenated alkanes) is 2. The van der Waals surface area contributed by atoms with E-state index in [0.29, 0.717) is 0 Å². The summed E-state index contributed by atoms with van der Waals surface area (Å²) < 4.78 is 5.74. The van der Waals surface area contributed by atoms with Crippen molar-refractivity contribution in [3.63, 3.8) is 0 Å². The minimum absolute atomic E-state index is 0.784. The molecule has 0 aromatic heterocycles. The third-order valence-corrected chi connectivity index (χ3v) is 3.20. The molecule has 0 heterocycles. The van der Waals surface area contributed by atoms with Crippen molar-refractivity contribution in [1.29, 1.82) is 0 Å². The highest BCUT2D eigenvalue weighted by atomic mass is 16.5. The van der Waals surface area contributed by atoms with Crippen LogP contribution in [0.2, 0.25) is 0 Å². The van der Waals surface area contributed by atoms with Crippen molar-refractivity contribution >= 4 is 0 Å². The lowest BCUT2D eigenvalue weighted by atomic mass is 10.0. The summed E-state index contributed by atoms with van der Waals surface area (Å²) in [5.74, 6) is 1.78. The normalized spacial score (nSPS) is 12.4. The predicted octanol–water partition coefficient (Wildman–Crippen LogP) is 4.98. The Morgan fingerprint density at radius 3 is 2.41 bits per heavy atom. The zero-order valence-corrected chi connectivity index (χ0v) is 11.5. The van der Waals surface area contributed by atoms with E-state index in [1.807, 2.05) is 0 Å². The molecule has 0 aliphatic heterocycles. The molecule has 1 unspecified atom stereocenters. The lowest BCUT2D eigenvalue weighted by molar-refractivity contribution is 0.277. The predicted molar refractivity (Wildman–Crippen MR) is 74.6 cm³/mol. The molecule has 0 aliphatic carbocycles. The Labute approximate surface area is 106 Å². The van der Waals surface area contributed by atoms with Crippen LogP contribution < -0.4 is 4.74 Å². The molecule has 0 amide bonds. The van der Waals surface area contributed by atoms with Crippen molar-refractivity contribution in [2.24, 2.45) is 5.92 Å². The van der Waals surface area contributed by atoms with Gasteiger partial charge in [-0.05, 0) is 31.4 Å². The van der Waals surface area contributed by atoms with Gasteiger partial charge in [-0.2, -0.15) is 0 Å². The molecule has 17 heavy (non-hydrogen) atoms. The number of ether oxygens (including phenoxy) is 1. The van der Waals surface area contributed by atoms with Crippen molar-refractivity contribution in [3.05, 3.63) is 29.8 Å². The van der Waals surface area contributed by atoms with Gasteiger partial charge < -0.3 is 4.74 Å². The molecule has 0 radical (unpaired) electrons. The first-order valence-electron chi connectivity index (χ1n) is 6.92. The van der Waals surface area contributed by atoms with Gasteiger partial charge in [0.15, 0.2) is 0 Å². The fourth-order valence-corrected chi connectivity index (χ4v) is 1.90. The maximum absolute atomic E-state index is 5.74. The first-order valence-corrected chi connectivity index (χ1v) is 6.92. The fourth-order valence-electron chi connectivity index (χ4n) is 1.90. The van der Waals surface area contributed by atoms with Gasteiger partial charge in [0, 0.05) is 0 Å². The van der Waals surface area contributed by atoms with Gasteiger partial charge in [0.1, 0.15) is 5.75 Å². The van der Waals surface area contributed by atoms with Crippen LogP contribution in [0.1, 0.15) is 51.5 Å². The third-order valence-electron chi connectivity index (χ3n) is 3.20. The highest BCUT2D eigenvalue weighted by Gasteiger charge is 2.02. The van der Waals surface area contributed by atoms with E-state index in [1.165, 1.54) is 31.2 Å². The maximum atomic E-state index is 5.74. The lowest BCUT2D eigenvalue weighted by Crippen LogP contribution is -2.04. The first kappa shape index (κ1) is 14.1. The lowest BCUT2D eigenvalue weighted by Gasteiger charge is -2.12. The summed E-state index contributed by atoms with van der Waals surface area (Å²) in [4.78, 5) is 0. The summed E-state index contributed by atoms with van der Waals surface area (Å²) >= 11 is 0. The van der Waals surface area contributed by atoms with Crippen molar-refractivity contribution in [2.75, 3.05) is 6.61 Å². The molecule has 0 fully saturated rings. The summed E-state index contributed by atoms with van der Waals surface area (Å²) in [5, 5.41) is 0. The Morgan fingerprint density at radius 2 is 1.76 bits per heavy atom. The van der Waals surface area contributed by atoms with Crippen molar-refractivity contribution in [2.45, 2.75) is 52.9 Å². The van der Waals surface area contributed by atoms with E-state index in [4.69, 9.17) is 4.74 Å². The fraction of sp³-hybridized carbons (Fsp3) is 0.625. The first-order chi connectivity index (χ1) is 8.22. The highest BCUT2D eigenvalue weighted by molar-refractivity contribution is 5.26. The van der Waals surface area contributed by atoms with Crippen LogP contribution in [0, 0.1) is 12.8 Å². The summed E-state index contributed by atoms with van der Waals surface area (Å²) in [6.07, 6.45) is 6.54. The molecule has 1 nitrogen and oxygen atoms in total. The smallest absolute Gasteiger partial charge is 0.119 e. The minimum Gasteiger partial charge on any atom is -0.494 e. The topological polar surface area (TPSA) is 9.23 Å². The van der Waals surface area contributed by atoms with E-state index in [2.05, 4.69) is 45.0 Å². The van der Waals surface area contributed by atoms with E-state index in [0.717, 1.165) is 24.7 Å². The van der Waals surface area contributed by atoms with Gasteiger partial charge in [-0.1, -0.05) is 57.2 Å². The average Bonchev–Trinajstić information content (AvgIpc) is 2.32. The van der Waals surface area contributed by atoms with Gasteiger partial charge in [0.05, 0.1) is 6.61 Å². The van der Waals surface area contributed by atoms with Gasteiger partial charge >= 0.3 is 0 Å². The number of rotatable bonds is 8. The Balaban J connectivity index is 2.12. The van der Waals surface area contributed by atoms with Crippen LogP contribution in [0.25, 0.3) is 0 Å². The molecule has 96 valence electrons. The van der Waals surface area contributed by atoms with E-state index in [9.17, 15) is 0 Å². The zero-order chi connectivity index (χ0) is 12.5. The molecule has 1 rings (SSSR count). The standard InChI is InChI=1S/C16H26O/c1-4-5-6-7-14(2)12-13-17-16-10-8-15(3)9-11-16/h8-11,14H,4-7,12-13H2,1-3H3. The minimum atomic E-state index is 0.784. The van der Waals surface area contributed by atoms with E-state index < -0.39 is 0 Å². The molecule has 0 N–H and O–H groups in total. The summed E-state index contributed by atoms with van der Waals surface area (Å²) in [7, 11) is 0. The SMILES string of the molecule is CCCCCC(C)CCOc1ccc(C)cc1. The second kappa shape index (κ2) is 8.16. The van der Waals surface area contributed by atoms with Crippen LogP contribution >= 0.6 is 0 Å². The molecule has 1 aromatic carbocycles. The molecule has 0 spiro atoms. The molecule has 0 bridgehead atoms. The number of aryl methyl sites for hydroxylation is 1.